The minimum atomic E-state index is 0.500. The summed E-state index contributed by atoms with van der Waals surface area (Å²) in [6.07, 6.45) is 5.76. The van der Waals surface area contributed by atoms with Crippen molar-refractivity contribution in [1.29, 1.82) is 0 Å². The van der Waals surface area contributed by atoms with Gasteiger partial charge >= 0.3 is 0 Å². The Bertz CT molecular complexity index is 424. The van der Waals surface area contributed by atoms with Crippen LogP contribution in [0.5, 0.6) is 0 Å². The molecule has 112 valence electrons. The summed E-state index contributed by atoms with van der Waals surface area (Å²) in [4.78, 5) is 7.15. The Kier molecular flexibility index (Phi) is 5.03. The van der Waals surface area contributed by atoms with E-state index in [4.69, 9.17) is 0 Å². The molecule has 1 aromatic heterocycles. The van der Waals surface area contributed by atoms with E-state index in [0.717, 1.165) is 19.6 Å². The predicted molar refractivity (Wildman–Crippen MR) is 86.1 cm³/mol. The van der Waals surface area contributed by atoms with E-state index < -0.39 is 0 Å². The Morgan fingerprint density at radius 1 is 1.35 bits per heavy atom. The third kappa shape index (κ3) is 3.32. The Balaban J connectivity index is 2.13. The molecule has 0 spiro atoms. The molecule has 3 nitrogen and oxygen atoms in total. The Labute approximate surface area is 123 Å². The first kappa shape index (κ1) is 15.3. The molecule has 0 aliphatic carbocycles. The van der Waals surface area contributed by atoms with Crippen LogP contribution in [0.4, 0.5) is 5.82 Å². The highest BCUT2D eigenvalue weighted by Gasteiger charge is 2.35. The van der Waals surface area contributed by atoms with Crippen molar-refractivity contribution >= 4 is 5.82 Å². The summed E-state index contributed by atoms with van der Waals surface area (Å²) < 4.78 is 0. The summed E-state index contributed by atoms with van der Waals surface area (Å²) in [5, 5.41) is 3.51. The monoisotopic (exact) mass is 275 g/mol. The maximum absolute atomic E-state index is 4.66. The second-order valence-electron chi connectivity index (χ2n) is 6.40. The first-order valence-corrected chi connectivity index (χ1v) is 8.02. The van der Waals surface area contributed by atoms with Crippen molar-refractivity contribution in [2.45, 2.75) is 59.5 Å². The third-order valence-corrected chi connectivity index (χ3v) is 4.81. The van der Waals surface area contributed by atoms with Gasteiger partial charge in [0.2, 0.25) is 0 Å². The van der Waals surface area contributed by atoms with Crippen LogP contribution in [-0.2, 0) is 6.54 Å². The fraction of sp³-hybridized carbons (Fsp3) is 0.706. The van der Waals surface area contributed by atoms with Crippen LogP contribution < -0.4 is 10.2 Å². The van der Waals surface area contributed by atoms with Crippen molar-refractivity contribution in [2.75, 3.05) is 18.0 Å². The molecule has 0 saturated carbocycles. The first-order valence-electron chi connectivity index (χ1n) is 8.02. The Hall–Kier alpha value is -1.09. The molecule has 0 bridgehead atoms. The van der Waals surface area contributed by atoms with Crippen LogP contribution in [0, 0.1) is 5.41 Å². The van der Waals surface area contributed by atoms with Gasteiger partial charge in [-0.1, -0.05) is 33.8 Å². The third-order valence-electron chi connectivity index (χ3n) is 4.81. The van der Waals surface area contributed by atoms with Crippen LogP contribution in [0.15, 0.2) is 18.3 Å². The van der Waals surface area contributed by atoms with Gasteiger partial charge in [0, 0.05) is 37.4 Å². The van der Waals surface area contributed by atoms with E-state index in [1.807, 2.05) is 12.3 Å². The van der Waals surface area contributed by atoms with Crippen LogP contribution in [0.2, 0.25) is 0 Å². The molecule has 2 heterocycles. The number of rotatable bonds is 6. The van der Waals surface area contributed by atoms with Gasteiger partial charge in [-0.15, -0.1) is 0 Å². The lowest BCUT2D eigenvalue weighted by molar-refractivity contribution is 0.301. The summed E-state index contributed by atoms with van der Waals surface area (Å²) in [6, 6.07) is 4.76. The van der Waals surface area contributed by atoms with E-state index in [2.05, 4.69) is 49.0 Å². The molecule has 20 heavy (non-hydrogen) atoms. The Morgan fingerprint density at radius 3 is 2.70 bits per heavy atom. The van der Waals surface area contributed by atoms with Gasteiger partial charge in [0.05, 0.1) is 0 Å². The molecule has 2 rings (SSSR count). The molecule has 0 atom stereocenters. The van der Waals surface area contributed by atoms with Gasteiger partial charge < -0.3 is 10.2 Å². The summed E-state index contributed by atoms with van der Waals surface area (Å²) in [6.45, 7) is 12.2. The van der Waals surface area contributed by atoms with Crippen molar-refractivity contribution in [3.8, 4) is 0 Å². The number of pyridine rings is 1. The standard InChI is InChI=1S/C17H29N3/c1-5-17(6-2)9-11-20(13-17)16-15(8-7-10-18-16)12-19-14(3)4/h7-8,10,14,19H,5-6,9,11-13H2,1-4H3. The lowest BCUT2D eigenvalue weighted by Crippen LogP contribution is -2.29. The summed E-state index contributed by atoms with van der Waals surface area (Å²) >= 11 is 0. The lowest BCUT2D eigenvalue weighted by atomic mass is 9.82. The number of anilines is 1. The fourth-order valence-electron chi connectivity index (χ4n) is 3.11. The average molecular weight is 275 g/mol. The van der Waals surface area contributed by atoms with Crippen LogP contribution in [-0.4, -0.2) is 24.1 Å². The molecule has 0 aromatic carbocycles. The van der Waals surface area contributed by atoms with E-state index >= 15 is 0 Å². The minimum Gasteiger partial charge on any atom is -0.356 e. The highest BCUT2D eigenvalue weighted by atomic mass is 15.2. The summed E-state index contributed by atoms with van der Waals surface area (Å²) in [7, 11) is 0. The second-order valence-corrected chi connectivity index (χ2v) is 6.40. The predicted octanol–water partition coefficient (Wildman–Crippen LogP) is 3.60. The number of nitrogens with zero attached hydrogens (tertiary/aromatic N) is 2. The second kappa shape index (κ2) is 6.57. The molecule has 1 N–H and O–H groups in total. The van der Waals surface area contributed by atoms with Gasteiger partial charge in [-0.2, -0.15) is 0 Å². The maximum Gasteiger partial charge on any atom is 0.133 e. The Morgan fingerprint density at radius 2 is 2.10 bits per heavy atom. The number of hydrogen-bond acceptors (Lipinski definition) is 3. The molecule has 3 heteroatoms. The fourth-order valence-corrected chi connectivity index (χ4v) is 3.11. The largest absolute Gasteiger partial charge is 0.356 e. The smallest absolute Gasteiger partial charge is 0.133 e. The maximum atomic E-state index is 4.66. The van der Waals surface area contributed by atoms with E-state index in [1.54, 1.807) is 0 Å². The van der Waals surface area contributed by atoms with Crippen LogP contribution in [0.1, 0.15) is 52.5 Å². The molecule has 0 unspecified atom stereocenters. The lowest BCUT2D eigenvalue weighted by Gasteiger charge is -2.27. The molecular weight excluding hydrogens is 246 g/mol. The number of nitrogens with one attached hydrogen (secondary N) is 1. The number of hydrogen-bond donors (Lipinski definition) is 1. The zero-order valence-electron chi connectivity index (χ0n) is 13.4. The highest BCUT2D eigenvalue weighted by molar-refractivity contribution is 5.48. The van der Waals surface area contributed by atoms with Crippen molar-refractivity contribution in [2.24, 2.45) is 5.41 Å². The van der Waals surface area contributed by atoms with E-state index in [0.29, 0.717) is 11.5 Å². The first-order chi connectivity index (χ1) is 9.60. The minimum absolute atomic E-state index is 0.500. The highest BCUT2D eigenvalue weighted by Crippen LogP contribution is 2.39. The van der Waals surface area contributed by atoms with E-state index in [1.165, 1.54) is 30.6 Å². The molecule has 0 amide bonds. The van der Waals surface area contributed by atoms with Crippen molar-refractivity contribution < 1.29 is 0 Å². The van der Waals surface area contributed by atoms with Gasteiger partial charge in [-0.25, -0.2) is 4.98 Å². The van der Waals surface area contributed by atoms with Gasteiger partial charge in [0.1, 0.15) is 5.82 Å². The summed E-state index contributed by atoms with van der Waals surface area (Å²) in [5.74, 6) is 1.18. The van der Waals surface area contributed by atoms with Crippen LogP contribution in [0.3, 0.4) is 0 Å². The van der Waals surface area contributed by atoms with Gasteiger partial charge in [0.25, 0.3) is 0 Å². The van der Waals surface area contributed by atoms with E-state index in [9.17, 15) is 0 Å². The molecule has 1 fully saturated rings. The molecule has 1 aromatic rings. The van der Waals surface area contributed by atoms with Crippen LogP contribution >= 0.6 is 0 Å². The van der Waals surface area contributed by atoms with Crippen molar-refractivity contribution in [3.05, 3.63) is 23.9 Å². The van der Waals surface area contributed by atoms with Crippen molar-refractivity contribution in [3.63, 3.8) is 0 Å². The molecular formula is C17H29N3. The zero-order valence-corrected chi connectivity index (χ0v) is 13.4. The average Bonchev–Trinajstić information content (AvgIpc) is 2.90. The van der Waals surface area contributed by atoms with E-state index in [-0.39, 0.29) is 0 Å². The summed E-state index contributed by atoms with van der Waals surface area (Å²) in [5.41, 5.74) is 1.82. The quantitative estimate of drug-likeness (QED) is 0.860. The SMILES string of the molecule is CCC1(CC)CCN(c2ncccc2CNC(C)C)C1. The normalized spacial score (nSPS) is 17.9. The molecule has 1 saturated heterocycles. The van der Waals surface area contributed by atoms with Gasteiger partial charge in [0.15, 0.2) is 0 Å². The molecule has 1 aliphatic rings. The molecule has 0 radical (unpaired) electrons. The number of aromatic nitrogens is 1. The molecule has 1 aliphatic heterocycles. The van der Waals surface area contributed by atoms with Crippen LogP contribution in [0.25, 0.3) is 0 Å². The van der Waals surface area contributed by atoms with Gasteiger partial charge in [-0.05, 0) is 30.7 Å². The van der Waals surface area contributed by atoms with Crippen molar-refractivity contribution in [1.82, 2.24) is 10.3 Å². The van der Waals surface area contributed by atoms with Gasteiger partial charge in [-0.3, -0.25) is 0 Å². The zero-order chi connectivity index (χ0) is 14.6. The topological polar surface area (TPSA) is 28.2 Å².